The van der Waals surface area contributed by atoms with Crippen LogP contribution in [-0.4, -0.2) is 94.2 Å². The van der Waals surface area contributed by atoms with Crippen molar-refractivity contribution in [3.05, 3.63) is 24.3 Å². The molecule has 170 valence electrons. The number of anilines is 1. The quantitative estimate of drug-likeness (QED) is 0.566. The van der Waals surface area contributed by atoms with Gasteiger partial charge in [-0.3, -0.25) is 19.3 Å². The third-order valence-electron chi connectivity index (χ3n) is 5.75. The first-order valence-corrected chi connectivity index (χ1v) is 10.7. The van der Waals surface area contributed by atoms with Gasteiger partial charge < -0.3 is 24.6 Å². The van der Waals surface area contributed by atoms with E-state index in [0.717, 1.165) is 6.42 Å². The van der Waals surface area contributed by atoms with Gasteiger partial charge in [0.2, 0.25) is 17.7 Å². The lowest BCUT2D eigenvalue weighted by atomic mass is 10.1. The number of carbonyl (C=O) groups is 3. The summed E-state index contributed by atoms with van der Waals surface area (Å²) in [5.41, 5.74) is 0.701. The highest BCUT2D eigenvalue weighted by Crippen LogP contribution is 2.33. The Morgan fingerprint density at radius 1 is 1.13 bits per heavy atom. The van der Waals surface area contributed by atoms with Gasteiger partial charge in [0, 0.05) is 59.4 Å². The summed E-state index contributed by atoms with van der Waals surface area (Å²) in [6.07, 6.45) is 0.997. The van der Waals surface area contributed by atoms with E-state index >= 15 is 0 Å². The van der Waals surface area contributed by atoms with Gasteiger partial charge in [-0.05, 0) is 18.6 Å². The molecule has 2 saturated heterocycles. The SMILES string of the molecule is COCCCNC(=O)CN1CCN(C(=O)C2CC(=O)N(c3ccccc3OC)C2)CC1. The molecule has 1 aromatic rings. The predicted octanol–water partition coefficient (Wildman–Crippen LogP) is 0.345. The van der Waals surface area contributed by atoms with E-state index in [0.29, 0.717) is 63.9 Å². The maximum atomic E-state index is 13.0. The first kappa shape index (κ1) is 23.0. The van der Waals surface area contributed by atoms with Crippen molar-refractivity contribution in [3.63, 3.8) is 0 Å². The van der Waals surface area contributed by atoms with E-state index in [-0.39, 0.29) is 30.1 Å². The van der Waals surface area contributed by atoms with E-state index in [9.17, 15) is 14.4 Å². The molecule has 31 heavy (non-hydrogen) atoms. The standard InChI is InChI=1S/C22H32N4O5/c1-30-13-5-8-23-20(27)16-24-9-11-25(12-10-24)22(29)17-14-21(28)26(15-17)18-6-3-4-7-19(18)31-2/h3-4,6-7,17H,5,8-16H2,1-2H3,(H,23,27). The number of carbonyl (C=O) groups excluding carboxylic acids is 3. The van der Waals surface area contributed by atoms with Crippen molar-refractivity contribution in [2.75, 3.05) is 71.5 Å². The molecule has 0 spiro atoms. The fourth-order valence-electron chi connectivity index (χ4n) is 4.05. The van der Waals surface area contributed by atoms with Crippen LogP contribution in [0.1, 0.15) is 12.8 Å². The molecule has 0 saturated carbocycles. The summed E-state index contributed by atoms with van der Waals surface area (Å²) in [5, 5.41) is 2.88. The Morgan fingerprint density at radius 2 is 1.87 bits per heavy atom. The predicted molar refractivity (Wildman–Crippen MR) is 116 cm³/mol. The Morgan fingerprint density at radius 3 is 2.58 bits per heavy atom. The van der Waals surface area contributed by atoms with Crippen molar-refractivity contribution in [3.8, 4) is 5.75 Å². The lowest BCUT2D eigenvalue weighted by Crippen LogP contribution is -2.52. The highest BCUT2D eigenvalue weighted by molar-refractivity contribution is 6.01. The molecule has 9 heteroatoms. The summed E-state index contributed by atoms with van der Waals surface area (Å²) in [6.45, 7) is 4.34. The highest BCUT2D eigenvalue weighted by atomic mass is 16.5. The van der Waals surface area contributed by atoms with Crippen molar-refractivity contribution in [1.29, 1.82) is 0 Å². The van der Waals surface area contributed by atoms with Gasteiger partial charge >= 0.3 is 0 Å². The molecule has 0 aromatic heterocycles. The number of amides is 3. The number of benzene rings is 1. The monoisotopic (exact) mass is 432 g/mol. The van der Waals surface area contributed by atoms with Crippen LogP contribution in [0.5, 0.6) is 5.75 Å². The topological polar surface area (TPSA) is 91.4 Å². The minimum Gasteiger partial charge on any atom is -0.495 e. The number of para-hydroxylation sites is 2. The van der Waals surface area contributed by atoms with Gasteiger partial charge in [-0.25, -0.2) is 0 Å². The number of hydrogen-bond acceptors (Lipinski definition) is 6. The Bertz CT molecular complexity index is 779. The molecule has 2 aliphatic heterocycles. The molecule has 2 fully saturated rings. The molecule has 1 N–H and O–H groups in total. The molecule has 2 heterocycles. The van der Waals surface area contributed by atoms with Gasteiger partial charge in [-0.1, -0.05) is 12.1 Å². The second-order valence-electron chi connectivity index (χ2n) is 7.87. The van der Waals surface area contributed by atoms with E-state index in [1.54, 1.807) is 19.1 Å². The van der Waals surface area contributed by atoms with Crippen LogP contribution in [0.15, 0.2) is 24.3 Å². The van der Waals surface area contributed by atoms with Crippen molar-refractivity contribution < 1.29 is 23.9 Å². The Kier molecular flexibility index (Phi) is 8.25. The number of nitrogens with one attached hydrogen (secondary N) is 1. The van der Waals surface area contributed by atoms with Crippen molar-refractivity contribution in [2.45, 2.75) is 12.8 Å². The summed E-state index contributed by atoms with van der Waals surface area (Å²) < 4.78 is 10.3. The molecule has 3 rings (SSSR count). The number of nitrogens with zero attached hydrogens (tertiary/aromatic N) is 3. The largest absolute Gasteiger partial charge is 0.495 e. The lowest BCUT2D eigenvalue weighted by molar-refractivity contribution is -0.137. The minimum absolute atomic E-state index is 0.00872. The lowest BCUT2D eigenvalue weighted by Gasteiger charge is -2.35. The molecule has 1 atom stereocenters. The zero-order chi connectivity index (χ0) is 22.2. The average molecular weight is 433 g/mol. The summed E-state index contributed by atoms with van der Waals surface area (Å²) in [4.78, 5) is 43.1. The maximum absolute atomic E-state index is 13.0. The number of ether oxygens (including phenoxy) is 2. The smallest absolute Gasteiger partial charge is 0.234 e. The van der Waals surface area contributed by atoms with Crippen LogP contribution >= 0.6 is 0 Å². The molecule has 3 amide bonds. The summed E-state index contributed by atoms with van der Waals surface area (Å²) in [6, 6.07) is 7.35. The van der Waals surface area contributed by atoms with Gasteiger partial charge in [-0.2, -0.15) is 0 Å². The van der Waals surface area contributed by atoms with Crippen molar-refractivity contribution in [2.24, 2.45) is 5.92 Å². The van der Waals surface area contributed by atoms with Crippen LogP contribution < -0.4 is 15.0 Å². The van der Waals surface area contributed by atoms with E-state index in [1.807, 2.05) is 29.2 Å². The average Bonchev–Trinajstić information content (AvgIpc) is 3.18. The van der Waals surface area contributed by atoms with Crippen molar-refractivity contribution >= 4 is 23.4 Å². The summed E-state index contributed by atoms with van der Waals surface area (Å²) in [5.74, 6) is 0.205. The molecular formula is C22H32N4O5. The second kappa shape index (κ2) is 11.1. The fourth-order valence-corrected chi connectivity index (χ4v) is 4.05. The number of hydrogen-bond donors (Lipinski definition) is 1. The van der Waals surface area contributed by atoms with Gasteiger partial charge in [-0.15, -0.1) is 0 Å². The first-order valence-electron chi connectivity index (χ1n) is 10.7. The molecular weight excluding hydrogens is 400 g/mol. The zero-order valence-corrected chi connectivity index (χ0v) is 18.3. The second-order valence-corrected chi connectivity index (χ2v) is 7.87. The van der Waals surface area contributed by atoms with Gasteiger partial charge in [0.25, 0.3) is 0 Å². The van der Waals surface area contributed by atoms with Gasteiger partial charge in [0.1, 0.15) is 5.75 Å². The number of rotatable bonds is 9. The maximum Gasteiger partial charge on any atom is 0.234 e. The normalized spacial score (nSPS) is 19.5. The summed E-state index contributed by atoms with van der Waals surface area (Å²) >= 11 is 0. The van der Waals surface area contributed by atoms with E-state index < -0.39 is 0 Å². The minimum atomic E-state index is -0.354. The van der Waals surface area contributed by atoms with Crippen LogP contribution in [0.4, 0.5) is 5.69 Å². The molecule has 2 aliphatic rings. The van der Waals surface area contributed by atoms with Crippen molar-refractivity contribution in [1.82, 2.24) is 15.1 Å². The molecule has 1 unspecified atom stereocenters. The molecule has 0 bridgehead atoms. The van der Waals surface area contributed by atoms with Crippen LogP contribution in [0, 0.1) is 5.92 Å². The Hall–Kier alpha value is -2.65. The molecule has 0 aliphatic carbocycles. The van der Waals surface area contributed by atoms with Crippen LogP contribution in [0.2, 0.25) is 0 Å². The van der Waals surface area contributed by atoms with Crippen LogP contribution in [0.3, 0.4) is 0 Å². The van der Waals surface area contributed by atoms with E-state index in [4.69, 9.17) is 9.47 Å². The Labute approximate surface area is 183 Å². The molecule has 9 nitrogen and oxygen atoms in total. The Balaban J connectivity index is 1.47. The number of methoxy groups -OCH3 is 2. The van der Waals surface area contributed by atoms with E-state index in [2.05, 4.69) is 10.2 Å². The van der Waals surface area contributed by atoms with Gasteiger partial charge in [0.15, 0.2) is 0 Å². The third kappa shape index (κ3) is 5.95. The molecule has 1 aromatic carbocycles. The molecule has 0 radical (unpaired) electrons. The third-order valence-corrected chi connectivity index (χ3v) is 5.75. The summed E-state index contributed by atoms with van der Waals surface area (Å²) in [7, 11) is 3.21. The highest BCUT2D eigenvalue weighted by Gasteiger charge is 2.38. The fraction of sp³-hybridized carbons (Fsp3) is 0.591. The number of piperazine rings is 1. The zero-order valence-electron chi connectivity index (χ0n) is 18.3. The van der Waals surface area contributed by atoms with Gasteiger partial charge in [0.05, 0.1) is 25.3 Å². The first-order chi connectivity index (χ1) is 15.0. The van der Waals surface area contributed by atoms with E-state index in [1.165, 1.54) is 0 Å². The van der Waals surface area contributed by atoms with Crippen LogP contribution in [0.25, 0.3) is 0 Å². The van der Waals surface area contributed by atoms with Crippen LogP contribution in [-0.2, 0) is 19.1 Å².